The molecular formula is C23H35N5O2S. The lowest BCUT2D eigenvalue weighted by Gasteiger charge is -2.30. The predicted octanol–water partition coefficient (Wildman–Crippen LogP) is 2.48. The molecule has 0 saturated heterocycles. The highest BCUT2D eigenvalue weighted by Crippen LogP contribution is 2.19. The Kier molecular flexibility index (Phi) is 9.97. The van der Waals surface area contributed by atoms with E-state index >= 15 is 0 Å². The van der Waals surface area contributed by atoms with Crippen LogP contribution in [-0.2, 0) is 22.3 Å². The van der Waals surface area contributed by atoms with Crippen LogP contribution in [0.1, 0.15) is 36.6 Å². The normalized spacial score (nSPS) is 13.3. The second-order valence-electron chi connectivity index (χ2n) is 7.24. The number of aliphatic imine (C=N–C) groups is 1. The molecule has 170 valence electrons. The van der Waals surface area contributed by atoms with Gasteiger partial charge in [0.2, 0.25) is 10.0 Å². The summed E-state index contributed by atoms with van der Waals surface area (Å²) >= 11 is 0. The molecule has 7 nitrogen and oxygen atoms in total. The van der Waals surface area contributed by atoms with Crippen LogP contribution in [0.15, 0.2) is 59.6 Å². The largest absolute Gasteiger partial charge is 0.354 e. The number of sulfonamides is 1. The first-order valence-corrected chi connectivity index (χ1v) is 12.3. The van der Waals surface area contributed by atoms with E-state index in [0.717, 1.165) is 30.8 Å². The number of guanidine groups is 1. The van der Waals surface area contributed by atoms with Gasteiger partial charge in [-0.1, -0.05) is 68.4 Å². The smallest absolute Gasteiger partial charge is 0.215 e. The zero-order chi connectivity index (χ0) is 22.7. The number of hydrogen-bond acceptors (Lipinski definition) is 4. The van der Waals surface area contributed by atoms with E-state index in [2.05, 4.69) is 63.4 Å². The molecule has 0 saturated carbocycles. The summed E-state index contributed by atoms with van der Waals surface area (Å²) in [6, 6.07) is 18.3. The Labute approximate surface area is 187 Å². The van der Waals surface area contributed by atoms with Crippen molar-refractivity contribution >= 4 is 16.0 Å². The number of nitrogens with one attached hydrogen (secondary N) is 3. The summed E-state index contributed by atoms with van der Waals surface area (Å²) in [6.07, 6.45) is 0. The minimum atomic E-state index is -3.29. The van der Waals surface area contributed by atoms with E-state index in [0.29, 0.717) is 12.5 Å². The highest BCUT2D eigenvalue weighted by atomic mass is 32.2. The monoisotopic (exact) mass is 445 g/mol. The average molecular weight is 446 g/mol. The van der Waals surface area contributed by atoms with E-state index in [1.807, 2.05) is 30.3 Å². The van der Waals surface area contributed by atoms with Gasteiger partial charge in [0.1, 0.15) is 0 Å². The second-order valence-corrected chi connectivity index (χ2v) is 9.16. The van der Waals surface area contributed by atoms with Crippen molar-refractivity contribution in [1.29, 1.82) is 0 Å². The maximum absolute atomic E-state index is 11.8. The molecule has 0 heterocycles. The van der Waals surface area contributed by atoms with E-state index in [1.54, 1.807) is 7.05 Å². The van der Waals surface area contributed by atoms with Gasteiger partial charge in [0, 0.05) is 20.1 Å². The first-order valence-electron chi connectivity index (χ1n) is 10.6. The fourth-order valence-corrected chi connectivity index (χ4v) is 4.28. The lowest BCUT2D eigenvalue weighted by atomic mass is 10.1. The number of rotatable bonds is 11. The van der Waals surface area contributed by atoms with Crippen LogP contribution in [0.3, 0.4) is 0 Å². The van der Waals surface area contributed by atoms with Crippen molar-refractivity contribution in [2.45, 2.75) is 32.2 Å². The summed E-state index contributed by atoms with van der Waals surface area (Å²) in [6.45, 7) is 7.56. The van der Waals surface area contributed by atoms with Crippen molar-refractivity contribution in [3.05, 3.63) is 71.3 Å². The Morgan fingerprint density at radius 1 is 1.00 bits per heavy atom. The SMILES string of the molecule is CCN(CC)C(CNC(=NC)NCc1cccc(CS(=O)(=O)NC)c1)c1ccccc1. The molecule has 0 radical (unpaired) electrons. The standard InChI is InChI=1S/C23H35N5O2S/c1-5-28(6-2)22(21-13-8-7-9-14-21)17-27-23(24-3)26-16-19-11-10-12-20(15-19)18-31(29,30)25-4/h7-15,22,25H,5-6,16-18H2,1-4H3,(H2,24,26,27). The minimum Gasteiger partial charge on any atom is -0.354 e. The molecule has 0 aliphatic rings. The quantitative estimate of drug-likeness (QED) is 0.365. The molecule has 0 amide bonds. The fourth-order valence-electron chi connectivity index (χ4n) is 3.52. The van der Waals surface area contributed by atoms with Crippen LogP contribution in [0.5, 0.6) is 0 Å². The first kappa shape index (κ1) is 24.8. The number of hydrogen-bond donors (Lipinski definition) is 3. The van der Waals surface area contributed by atoms with Gasteiger partial charge in [0.05, 0.1) is 11.8 Å². The Hall–Kier alpha value is -2.42. The molecule has 3 N–H and O–H groups in total. The predicted molar refractivity (Wildman–Crippen MR) is 128 cm³/mol. The molecule has 0 fully saturated rings. The van der Waals surface area contributed by atoms with Crippen LogP contribution in [0.25, 0.3) is 0 Å². The molecular weight excluding hydrogens is 410 g/mol. The van der Waals surface area contributed by atoms with Crippen molar-refractivity contribution in [2.24, 2.45) is 4.99 Å². The van der Waals surface area contributed by atoms with Gasteiger partial charge < -0.3 is 10.6 Å². The third-order valence-corrected chi connectivity index (χ3v) is 6.58. The summed E-state index contributed by atoms with van der Waals surface area (Å²) in [5.41, 5.74) is 3.02. The van der Waals surface area contributed by atoms with Gasteiger partial charge in [-0.05, 0) is 36.8 Å². The molecule has 0 spiro atoms. The van der Waals surface area contributed by atoms with Crippen LogP contribution in [0.2, 0.25) is 0 Å². The van der Waals surface area contributed by atoms with Crippen LogP contribution < -0.4 is 15.4 Å². The number of benzene rings is 2. The van der Waals surface area contributed by atoms with Gasteiger partial charge >= 0.3 is 0 Å². The zero-order valence-electron chi connectivity index (χ0n) is 18.9. The Bertz CT molecular complexity index is 928. The molecule has 1 atom stereocenters. The highest BCUT2D eigenvalue weighted by Gasteiger charge is 2.18. The van der Waals surface area contributed by atoms with Crippen LogP contribution in [0.4, 0.5) is 0 Å². The molecule has 2 aromatic rings. The first-order chi connectivity index (χ1) is 14.9. The second kappa shape index (κ2) is 12.4. The summed E-state index contributed by atoms with van der Waals surface area (Å²) in [7, 11) is -0.116. The minimum absolute atomic E-state index is 0.0348. The summed E-state index contributed by atoms with van der Waals surface area (Å²) in [5.74, 6) is 0.675. The van der Waals surface area contributed by atoms with E-state index in [1.165, 1.54) is 12.6 Å². The molecule has 0 aliphatic carbocycles. The summed E-state index contributed by atoms with van der Waals surface area (Å²) < 4.78 is 26.0. The van der Waals surface area contributed by atoms with Crippen molar-refractivity contribution in [3.63, 3.8) is 0 Å². The lowest BCUT2D eigenvalue weighted by molar-refractivity contribution is 0.219. The van der Waals surface area contributed by atoms with Gasteiger partial charge in [-0.25, -0.2) is 13.1 Å². The van der Waals surface area contributed by atoms with Gasteiger partial charge in [-0.15, -0.1) is 0 Å². The van der Waals surface area contributed by atoms with E-state index in [4.69, 9.17) is 0 Å². The topological polar surface area (TPSA) is 85.8 Å². The maximum Gasteiger partial charge on any atom is 0.215 e. The lowest BCUT2D eigenvalue weighted by Crippen LogP contribution is -2.43. The molecule has 0 bridgehead atoms. The average Bonchev–Trinajstić information content (AvgIpc) is 2.79. The van der Waals surface area contributed by atoms with Crippen LogP contribution in [0, 0.1) is 0 Å². The third kappa shape index (κ3) is 7.97. The van der Waals surface area contributed by atoms with Gasteiger partial charge in [0.25, 0.3) is 0 Å². The molecule has 0 aliphatic heterocycles. The van der Waals surface area contributed by atoms with Crippen molar-refractivity contribution in [1.82, 2.24) is 20.3 Å². The number of nitrogens with zero attached hydrogens (tertiary/aromatic N) is 2. The van der Waals surface area contributed by atoms with E-state index in [-0.39, 0.29) is 11.8 Å². The Morgan fingerprint density at radius 2 is 1.68 bits per heavy atom. The van der Waals surface area contributed by atoms with E-state index < -0.39 is 10.0 Å². The van der Waals surface area contributed by atoms with Crippen LogP contribution >= 0.6 is 0 Å². The molecule has 8 heteroatoms. The molecule has 2 rings (SSSR count). The molecule has 31 heavy (non-hydrogen) atoms. The molecule has 1 unspecified atom stereocenters. The molecule has 0 aromatic heterocycles. The van der Waals surface area contributed by atoms with Crippen LogP contribution in [-0.4, -0.2) is 53.0 Å². The van der Waals surface area contributed by atoms with Gasteiger partial charge in [-0.3, -0.25) is 9.89 Å². The highest BCUT2D eigenvalue weighted by molar-refractivity contribution is 7.88. The third-order valence-electron chi connectivity index (χ3n) is 5.24. The Morgan fingerprint density at radius 3 is 2.29 bits per heavy atom. The van der Waals surface area contributed by atoms with Crippen molar-refractivity contribution < 1.29 is 8.42 Å². The number of likely N-dealkylation sites (N-methyl/N-ethyl adjacent to an activating group) is 1. The van der Waals surface area contributed by atoms with Crippen molar-refractivity contribution in [2.75, 3.05) is 33.7 Å². The van der Waals surface area contributed by atoms with Crippen molar-refractivity contribution in [3.8, 4) is 0 Å². The van der Waals surface area contributed by atoms with Gasteiger partial charge in [-0.2, -0.15) is 0 Å². The summed E-state index contributed by atoms with van der Waals surface area (Å²) in [5, 5.41) is 6.77. The van der Waals surface area contributed by atoms with Gasteiger partial charge in [0.15, 0.2) is 5.96 Å². The fraction of sp³-hybridized carbons (Fsp3) is 0.435. The Balaban J connectivity index is 2.00. The molecule has 2 aromatic carbocycles. The van der Waals surface area contributed by atoms with E-state index in [9.17, 15) is 8.42 Å². The zero-order valence-corrected chi connectivity index (χ0v) is 19.7. The summed E-state index contributed by atoms with van der Waals surface area (Å²) in [4.78, 5) is 6.76. The maximum atomic E-state index is 11.8.